The number of carbonyl (C=O) groups excluding carboxylic acids is 1. The molecule has 0 aromatic heterocycles. The molecule has 0 saturated heterocycles. The van der Waals surface area contributed by atoms with E-state index in [0.29, 0.717) is 5.75 Å². The van der Waals surface area contributed by atoms with Crippen molar-refractivity contribution in [2.24, 2.45) is 0 Å². The Bertz CT molecular complexity index is 390. The van der Waals surface area contributed by atoms with Gasteiger partial charge in [0.05, 0.1) is 7.11 Å². The number of unbranched alkanes of at least 4 members (excludes halogenated alkanes) is 5. The van der Waals surface area contributed by atoms with Gasteiger partial charge < -0.3 is 14.8 Å². The van der Waals surface area contributed by atoms with Gasteiger partial charge in [0, 0.05) is 12.2 Å². The third-order valence-corrected chi connectivity index (χ3v) is 3.30. The summed E-state index contributed by atoms with van der Waals surface area (Å²) in [4.78, 5) is 11.0. The number of carbonyl (C=O) groups is 1. The number of hydrogen-bond donors (Lipinski definition) is 1. The van der Waals surface area contributed by atoms with Crippen molar-refractivity contribution in [2.75, 3.05) is 25.6 Å². The molecule has 1 aromatic rings. The molecule has 0 saturated carbocycles. The Hall–Kier alpha value is -1.71. The lowest BCUT2D eigenvalue weighted by molar-refractivity contribution is -0.142. The number of hydrogen-bond acceptors (Lipinski definition) is 4. The van der Waals surface area contributed by atoms with Crippen molar-refractivity contribution in [3.05, 3.63) is 24.3 Å². The van der Waals surface area contributed by atoms with Gasteiger partial charge >= 0.3 is 5.97 Å². The maximum Gasteiger partial charge on any atom is 0.343 e. The summed E-state index contributed by atoms with van der Waals surface area (Å²) < 4.78 is 9.81. The van der Waals surface area contributed by atoms with Crippen molar-refractivity contribution in [1.29, 1.82) is 0 Å². The van der Waals surface area contributed by atoms with Gasteiger partial charge in [-0.15, -0.1) is 0 Å². The van der Waals surface area contributed by atoms with Gasteiger partial charge in [-0.1, -0.05) is 39.0 Å². The lowest BCUT2D eigenvalue weighted by Gasteiger charge is -2.08. The molecule has 0 radical (unpaired) electrons. The standard InChI is InChI=1S/C17H27NO3/c1-3-4-5-6-7-8-13-18-15-9-11-16(12-10-15)21-14-17(19)20-2/h9-12,18H,3-8,13-14H2,1-2H3. The van der Waals surface area contributed by atoms with Crippen LogP contribution in [0.1, 0.15) is 45.4 Å². The van der Waals surface area contributed by atoms with Crippen molar-refractivity contribution in [1.82, 2.24) is 0 Å². The summed E-state index contributed by atoms with van der Waals surface area (Å²) in [6.07, 6.45) is 7.80. The number of ether oxygens (including phenoxy) is 2. The molecule has 0 atom stereocenters. The second-order valence-corrected chi connectivity index (χ2v) is 5.08. The van der Waals surface area contributed by atoms with Crippen molar-refractivity contribution in [3.63, 3.8) is 0 Å². The first-order valence-corrected chi connectivity index (χ1v) is 7.79. The second kappa shape index (κ2) is 11.0. The predicted octanol–water partition coefficient (Wildman–Crippen LogP) is 4.01. The highest BCUT2D eigenvalue weighted by Gasteiger charge is 2.01. The number of esters is 1. The number of nitrogens with one attached hydrogen (secondary N) is 1. The largest absolute Gasteiger partial charge is 0.482 e. The molecule has 4 heteroatoms. The molecule has 0 heterocycles. The van der Waals surface area contributed by atoms with Gasteiger partial charge in [0.1, 0.15) is 5.75 Å². The third-order valence-electron chi connectivity index (χ3n) is 3.30. The minimum Gasteiger partial charge on any atom is -0.482 e. The fraction of sp³-hybridized carbons (Fsp3) is 0.588. The summed E-state index contributed by atoms with van der Waals surface area (Å²) in [7, 11) is 1.35. The zero-order valence-corrected chi connectivity index (χ0v) is 13.2. The van der Waals surface area contributed by atoms with E-state index in [1.807, 2.05) is 24.3 Å². The van der Waals surface area contributed by atoms with Crippen molar-refractivity contribution < 1.29 is 14.3 Å². The van der Waals surface area contributed by atoms with E-state index in [0.717, 1.165) is 12.2 Å². The first-order valence-electron chi connectivity index (χ1n) is 7.79. The molecule has 0 amide bonds. The molecule has 4 nitrogen and oxygen atoms in total. The lowest BCUT2D eigenvalue weighted by atomic mass is 10.1. The molecule has 0 bridgehead atoms. The van der Waals surface area contributed by atoms with E-state index in [2.05, 4.69) is 17.0 Å². The lowest BCUT2D eigenvalue weighted by Crippen LogP contribution is -2.12. The van der Waals surface area contributed by atoms with Gasteiger partial charge in [-0.25, -0.2) is 4.79 Å². The fourth-order valence-corrected chi connectivity index (χ4v) is 2.01. The molecule has 0 aliphatic rings. The summed E-state index contributed by atoms with van der Waals surface area (Å²) in [5.74, 6) is 0.297. The molecule has 0 aliphatic heterocycles. The fourth-order valence-electron chi connectivity index (χ4n) is 2.01. The van der Waals surface area contributed by atoms with Crippen LogP contribution in [0.2, 0.25) is 0 Å². The third kappa shape index (κ3) is 8.23. The van der Waals surface area contributed by atoms with Crippen LogP contribution in [0.15, 0.2) is 24.3 Å². The van der Waals surface area contributed by atoms with Crippen LogP contribution in [0.3, 0.4) is 0 Å². The zero-order valence-electron chi connectivity index (χ0n) is 13.2. The van der Waals surface area contributed by atoms with Gasteiger partial charge in [-0.05, 0) is 30.7 Å². The van der Waals surface area contributed by atoms with Crippen LogP contribution in [0, 0.1) is 0 Å². The maximum atomic E-state index is 11.0. The average Bonchev–Trinajstić information content (AvgIpc) is 2.52. The second-order valence-electron chi connectivity index (χ2n) is 5.08. The first kappa shape index (κ1) is 17.3. The molecule has 0 spiro atoms. The van der Waals surface area contributed by atoms with Crippen LogP contribution >= 0.6 is 0 Å². The van der Waals surface area contributed by atoms with E-state index in [1.165, 1.54) is 45.6 Å². The van der Waals surface area contributed by atoms with Gasteiger partial charge in [-0.3, -0.25) is 0 Å². The summed E-state index contributed by atoms with van der Waals surface area (Å²) in [5.41, 5.74) is 1.08. The molecular formula is C17H27NO3. The number of benzene rings is 1. The average molecular weight is 293 g/mol. The van der Waals surface area contributed by atoms with E-state index >= 15 is 0 Å². The highest BCUT2D eigenvalue weighted by Crippen LogP contribution is 2.16. The molecule has 0 fully saturated rings. The van der Waals surface area contributed by atoms with Crippen LogP contribution in [0.5, 0.6) is 5.75 Å². The Kier molecular flexibility index (Phi) is 9.09. The molecule has 118 valence electrons. The van der Waals surface area contributed by atoms with Crippen LogP contribution in [-0.2, 0) is 9.53 Å². The van der Waals surface area contributed by atoms with Gasteiger partial charge in [0.2, 0.25) is 0 Å². The molecule has 1 rings (SSSR count). The number of methoxy groups -OCH3 is 1. The Morgan fingerprint density at radius 1 is 1.05 bits per heavy atom. The molecule has 1 aromatic carbocycles. The monoisotopic (exact) mass is 293 g/mol. The Morgan fingerprint density at radius 2 is 1.71 bits per heavy atom. The van der Waals surface area contributed by atoms with Crippen LogP contribution in [0.25, 0.3) is 0 Å². The Labute approximate surface area is 127 Å². The van der Waals surface area contributed by atoms with Crippen LogP contribution in [-0.4, -0.2) is 26.2 Å². The van der Waals surface area contributed by atoms with Crippen molar-refractivity contribution in [3.8, 4) is 5.75 Å². The summed E-state index contributed by atoms with van der Waals surface area (Å²) in [6, 6.07) is 7.63. The number of anilines is 1. The normalized spacial score (nSPS) is 10.2. The number of rotatable bonds is 11. The maximum absolute atomic E-state index is 11.0. The highest BCUT2D eigenvalue weighted by molar-refractivity contribution is 5.70. The smallest absolute Gasteiger partial charge is 0.343 e. The van der Waals surface area contributed by atoms with Gasteiger partial charge in [0.25, 0.3) is 0 Å². The van der Waals surface area contributed by atoms with Crippen molar-refractivity contribution in [2.45, 2.75) is 45.4 Å². The van der Waals surface area contributed by atoms with Gasteiger partial charge in [0.15, 0.2) is 6.61 Å². The zero-order chi connectivity index (χ0) is 15.3. The van der Waals surface area contributed by atoms with Crippen LogP contribution in [0.4, 0.5) is 5.69 Å². The SMILES string of the molecule is CCCCCCCCNc1ccc(OCC(=O)OC)cc1. The first-order chi connectivity index (χ1) is 10.3. The minimum atomic E-state index is -0.375. The van der Waals surface area contributed by atoms with E-state index < -0.39 is 0 Å². The molecule has 0 unspecified atom stereocenters. The Balaban J connectivity index is 2.14. The molecular weight excluding hydrogens is 266 g/mol. The van der Waals surface area contributed by atoms with E-state index in [9.17, 15) is 4.79 Å². The highest BCUT2D eigenvalue weighted by atomic mass is 16.6. The van der Waals surface area contributed by atoms with Crippen LogP contribution < -0.4 is 10.1 Å². The van der Waals surface area contributed by atoms with Gasteiger partial charge in [-0.2, -0.15) is 0 Å². The minimum absolute atomic E-state index is 0.0545. The van der Waals surface area contributed by atoms with E-state index in [-0.39, 0.29) is 12.6 Å². The summed E-state index contributed by atoms with van der Waals surface area (Å²) in [5, 5.41) is 3.39. The summed E-state index contributed by atoms with van der Waals surface area (Å²) in [6.45, 7) is 3.18. The quantitative estimate of drug-likeness (QED) is 0.494. The molecule has 0 aliphatic carbocycles. The topological polar surface area (TPSA) is 47.6 Å². The Morgan fingerprint density at radius 3 is 2.38 bits per heavy atom. The molecule has 1 N–H and O–H groups in total. The van der Waals surface area contributed by atoms with Crippen molar-refractivity contribution >= 4 is 11.7 Å². The summed E-state index contributed by atoms with van der Waals surface area (Å²) >= 11 is 0. The predicted molar refractivity (Wildman–Crippen MR) is 85.8 cm³/mol. The van der Waals surface area contributed by atoms with E-state index in [4.69, 9.17) is 4.74 Å². The van der Waals surface area contributed by atoms with E-state index in [1.54, 1.807) is 0 Å². The molecule has 21 heavy (non-hydrogen) atoms.